The first-order chi connectivity index (χ1) is 15.2. The number of piperidine rings is 1. The fraction of sp³-hybridized carbons (Fsp3) is 0.308. The van der Waals surface area contributed by atoms with Gasteiger partial charge in [0.25, 0.3) is 0 Å². The standard InChI is InChI=1S/C26H28BrFN2O/c27-23-8-11-26(31-19-21-6-9-24(28)10-7-21)22(16-23)17-29-25-12-14-30(15-13-25)18-20-4-2-1-3-5-20/h1-11,16,25,29H,12-15,17-19H2. The number of hydrogen-bond acceptors (Lipinski definition) is 3. The van der Waals surface area contributed by atoms with Crippen molar-refractivity contribution < 1.29 is 9.13 Å². The Morgan fingerprint density at radius 2 is 1.68 bits per heavy atom. The highest BCUT2D eigenvalue weighted by Gasteiger charge is 2.19. The van der Waals surface area contributed by atoms with Gasteiger partial charge in [0.05, 0.1) is 0 Å². The van der Waals surface area contributed by atoms with E-state index < -0.39 is 0 Å². The monoisotopic (exact) mass is 482 g/mol. The average Bonchev–Trinajstić information content (AvgIpc) is 2.80. The van der Waals surface area contributed by atoms with Crippen LogP contribution in [0.15, 0.2) is 77.3 Å². The van der Waals surface area contributed by atoms with Crippen LogP contribution in [0, 0.1) is 5.82 Å². The van der Waals surface area contributed by atoms with Crippen LogP contribution < -0.4 is 10.1 Å². The van der Waals surface area contributed by atoms with Gasteiger partial charge in [-0.3, -0.25) is 4.90 Å². The normalized spacial score (nSPS) is 15.2. The highest BCUT2D eigenvalue weighted by atomic mass is 79.9. The molecule has 0 amide bonds. The van der Waals surface area contributed by atoms with Gasteiger partial charge in [-0.05, 0) is 67.4 Å². The zero-order valence-electron chi connectivity index (χ0n) is 17.6. The molecule has 0 atom stereocenters. The molecule has 1 N–H and O–H groups in total. The van der Waals surface area contributed by atoms with Crippen molar-refractivity contribution in [3.8, 4) is 5.75 Å². The van der Waals surface area contributed by atoms with Crippen LogP contribution in [0.25, 0.3) is 0 Å². The molecule has 1 saturated heterocycles. The average molecular weight is 483 g/mol. The third-order valence-electron chi connectivity index (χ3n) is 5.75. The molecule has 3 aromatic carbocycles. The van der Waals surface area contributed by atoms with Crippen LogP contribution in [0.3, 0.4) is 0 Å². The second-order valence-electron chi connectivity index (χ2n) is 8.08. The first kappa shape index (κ1) is 22.0. The van der Waals surface area contributed by atoms with E-state index in [1.165, 1.54) is 17.7 Å². The van der Waals surface area contributed by atoms with E-state index in [-0.39, 0.29) is 5.82 Å². The molecule has 3 nitrogen and oxygen atoms in total. The van der Waals surface area contributed by atoms with Crippen molar-refractivity contribution in [2.24, 2.45) is 0 Å². The molecular formula is C26H28BrFN2O. The van der Waals surface area contributed by atoms with Crippen LogP contribution >= 0.6 is 15.9 Å². The number of nitrogens with zero attached hydrogens (tertiary/aromatic N) is 1. The molecule has 0 aliphatic carbocycles. The number of halogens is 2. The van der Waals surface area contributed by atoms with E-state index in [1.54, 1.807) is 12.1 Å². The van der Waals surface area contributed by atoms with Crippen molar-refractivity contribution in [1.29, 1.82) is 0 Å². The summed E-state index contributed by atoms with van der Waals surface area (Å²) in [5.41, 5.74) is 3.46. The molecule has 1 aliphatic rings. The zero-order chi connectivity index (χ0) is 21.5. The lowest BCUT2D eigenvalue weighted by Gasteiger charge is -2.32. The Bertz CT molecular complexity index is 957. The van der Waals surface area contributed by atoms with Crippen LogP contribution in [0.2, 0.25) is 0 Å². The van der Waals surface area contributed by atoms with E-state index in [1.807, 2.05) is 12.1 Å². The topological polar surface area (TPSA) is 24.5 Å². The Morgan fingerprint density at radius 1 is 0.935 bits per heavy atom. The van der Waals surface area contributed by atoms with E-state index in [0.29, 0.717) is 12.6 Å². The summed E-state index contributed by atoms with van der Waals surface area (Å²) in [5, 5.41) is 3.72. The molecule has 1 aliphatic heterocycles. The predicted octanol–water partition coefficient (Wildman–Crippen LogP) is 5.92. The quantitative estimate of drug-likeness (QED) is 0.431. The molecule has 4 rings (SSSR count). The van der Waals surface area contributed by atoms with Gasteiger partial charge in [-0.1, -0.05) is 58.4 Å². The van der Waals surface area contributed by atoms with Crippen molar-refractivity contribution in [2.75, 3.05) is 13.1 Å². The van der Waals surface area contributed by atoms with Gasteiger partial charge in [0.1, 0.15) is 18.2 Å². The van der Waals surface area contributed by atoms with E-state index >= 15 is 0 Å². The summed E-state index contributed by atoms with van der Waals surface area (Å²) in [6, 6.07) is 23.7. The predicted molar refractivity (Wildman–Crippen MR) is 126 cm³/mol. The summed E-state index contributed by atoms with van der Waals surface area (Å²) in [7, 11) is 0. The zero-order valence-corrected chi connectivity index (χ0v) is 19.2. The van der Waals surface area contributed by atoms with Crippen LogP contribution in [0.5, 0.6) is 5.75 Å². The fourth-order valence-corrected chi connectivity index (χ4v) is 4.37. The summed E-state index contributed by atoms with van der Waals surface area (Å²) in [6.07, 6.45) is 2.29. The summed E-state index contributed by atoms with van der Waals surface area (Å²) in [5.74, 6) is 0.633. The number of rotatable bonds is 8. The summed E-state index contributed by atoms with van der Waals surface area (Å²) < 4.78 is 20.2. The van der Waals surface area contributed by atoms with Crippen molar-refractivity contribution >= 4 is 15.9 Å². The minimum atomic E-state index is -0.230. The molecule has 162 valence electrons. The third-order valence-corrected chi connectivity index (χ3v) is 6.24. The Labute approximate surface area is 192 Å². The van der Waals surface area contributed by atoms with E-state index in [2.05, 4.69) is 62.5 Å². The van der Waals surface area contributed by atoms with Crippen LogP contribution in [0.1, 0.15) is 29.5 Å². The van der Waals surface area contributed by atoms with Crippen LogP contribution in [-0.4, -0.2) is 24.0 Å². The smallest absolute Gasteiger partial charge is 0.124 e. The minimum absolute atomic E-state index is 0.230. The summed E-state index contributed by atoms with van der Waals surface area (Å²) in [6.45, 7) is 4.44. The number of benzene rings is 3. The van der Waals surface area contributed by atoms with E-state index in [9.17, 15) is 4.39 Å². The lowest BCUT2D eigenvalue weighted by atomic mass is 10.0. The maximum absolute atomic E-state index is 13.1. The lowest BCUT2D eigenvalue weighted by Crippen LogP contribution is -2.41. The van der Waals surface area contributed by atoms with Gasteiger partial charge in [-0.15, -0.1) is 0 Å². The Kier molecular flexibility index (Phi) is 7.73. The van der Waals surface area contributed by atoms with Gasteiger partial charge in [-0.2, -0.15) is 0 Å². The molecule has 0 radical (unpaired) electrons. The number of hydrogen-bond donors (Lipinski definition) is 1. The third kappa shape index (κ3) is 6.63. The summed E-state index contributed by atoms with van der Waals surface area (Å²) in [4.78, 5) is 2.53. The molecule has 0 unspecified atom stereocenters. The molecule has 0 saturated carbocycles. The molecule has 0 aromatic heterocycles. The first-order valence-electron chi connectivity index (χ1n) is 10.8. The van der Waals surface area contributed by atoms with Crippen molar-refractivity contribution in [1.82, 2.24) is 10.2 Å². The lowest BCUT2D eigenvalue weighted by molar-refractivity contribution is 0.189. The summed E-state index contributed by atoms with van der Waals surface area (Å²) >= 11 is 3.57. The number of nitrogens with one attached hydrogen (secondary N) is 1. The highest BCUT2D eigenvalue weighted by molar-refractivity contribution is 9.10. The second kappa shape index (κ2) is 10.9. The highest BCUT2D eigenvalue weighted by Crippen LogP contribution is 2.25. The molecule has 1 fully saturated rings. The Morgan fingerprint density at radius 3 is 2.42 bits per heavy atom. The largest absolute Gasteiger partial charge is 0.489 e. The van der Waals surface area contributed by atoms with Gasteiger partial charge in [0.15, 0.2) is 0 Å². The molecule has 1 heterocycles. The van der Waals surface area contributed by atoms with Crippen LogP contribution in [0.4, 0.5) is 4.39 Å². The van der Waals surface area contributed by atoms with Gasteiger partial charge in [0, 0.05) is 29.2 Å². The van der Waals surface area contributed by atoms with Gasteiger partial charge < -0.3 is 10.1 Å². The molecular weight excluding hydrogens is 455 g/mol. The van der Waals surface area contributed by atoms with Gasteiger partial charge in [0.2, 0.25) is 0 Å². The maximum atomic E-state index is 13.1. The first-order valence-corrected chi connectivity index (χ1v) is 11.6. The molecule has 31 heavy (non-hydrogen) atoms. The Balaban J connectivity index is 1.28. The number of ether oxygens (including phenoxy) is 1. The van der Waals surface area contributed by atoms with E-state index in [4.69, 9.17) is 4.74 Å². The molecule has 0 bridgehead atoms. The number of likely N-dealkylation sites (tertiary alicyclic amines) is 1. The molecule has 3 aromatic rings. The maximum Gasteiger partial charge on any atom is 0.124 e. The molecule has 5 heteroatoms. The second-order valence-corrected chi connectivity index (χ2v) is 9.00. The minimum Gasteiger partial charge on any atom is -0.489 e. The van der Waals surface area contributed by atoms with Crippen molar-refractivity contribution in [2.45, 2.75) is 38.6 Å². The Hall–Kier alpha value is -2.21. The van der Waals surface area contributed by atoms with Crippen LogP contribution in [-0.2, 0) is 19.7 Å². The van der Waals surface area contributed by atoms with Crippen molar-refractivity contribution in [3.63, 3.8) is 0 Å². The van der Waals surface area contributed by atoms with Gasteiger partial charge in [-0.25, -0.2) is 4.39 Å². The molecule has 0 spiro atoms. The van der Waals surface area contributed by atoms with Gasteiger partial charge >= 0.3 is 0 Å². The SMILES string of the molecule is Fc1ccc(COc2ccc(Br)cc2CNC2CCN(Cc3ccccc3)CC2)cc1. The van der Waals surface area contributed by atoms with Crippen molar-refractivity contribution in [3.05, 3.63) is 99.8 Å². The fourth-order valence-electron chi connectivity index (χ4n) is 3.96. The van der Waals surface area contributed by atoms with E-state index in [0.717, 1.165) is 60.4 Å².